The van der Waals surface area contributed by atoms with Crippen LogP contribution in [-0.2, 0) is 6.42 Å². The van der Waals surface area contributed by atoms with Gasteiger partial charge in [-0.15, -0.1) is 0 Å². The molecule has 0 atom stereocenters. The van der Waals surface area contributed by atoms with Crippen molar-refractivity contribution in [2.45, 2.75) is 19.3 Å². The van der Waals surface area contributed by atoms with Crippen molar-refractivity contribution in [2.24, 2.45) is 0 Å². The first-order valence-corrected chi connectivity index (χ1v) is 9.63. The predicted octanol–water partition coefficient (Wildman–Crippen LogP) is 4.34. The Labute approximate surface area is 163 Å². The van der Waals surface area contributed by atoms with Crippen LogP contribution in [0.25, 0.3) is 10.9 Å². The number of pyridine rings is 1. The molecule has 144 valence electrons. The lowest BCUT2D eigenvalue weighted by Crippen LogP contribution is -2.30. The first-order valence-electron chi connectivity index (χ1n) is 9.63. The quantitative estimate of drug-likeness (QED) is 0.694. The van der Waals surface area contributed by atoms with Crippen molar-refractivity contribution in [2.75, 3.05) is 29.9 Å². The van der Waals surface area contributed by atoms with Gasteiger partial charge in [-0.25, -0.2) is 14.2 Å². The van der Waals surface area contributed by atoms with Crippen molar-refractivity contribution in [1.82, 2.24) is 10.3 Å². The van der Waals surface area contributed by atoms with Crippen LogP contribution in [0.1, 0.15) is 18.4 Å². The maximum atomic E-state index is 14.6. The zero-order valence-corrected chi connectivity index (χ0v) is 15.6. The number of carbonyl (C=O) groups excluding carboxylic acids is 1. The average molecular weight is 378 g/mol. The van der Waals surface area contributed by atoms with E-state index in [9.17, 15) is 9.18 Å². The molecule has 5 nitrogen and oxygen atoms in total. The molecule has 2 amide bonds. The molecule has 3 aromatic rings. The zero-order chi connectivity index (χ0) is 19.3. The van der Waals surface area contributed by atoms with Crippen LogP contribution in [0.2, 0.25) is 0 Å². The fourth-order valence-electron chi connectivity index (χ4n) is 3.52. The largest absolute Gasteiger partial charge is 0.357 e. The van der Waals surface area contributed by atoms with Crippen LogP contribution in [0.5, 0.6) is 0 Å². The Morgan fingerprint density at radius 2 is 1.86 bits per heavy atom. The molecular weight excluding hydrogens is 355 g/mol. The number of aromatic nitrogens is 1. The third-order valence-electron chi connectivity index (χ3n) is 4.96. The number of halogens is 1. The van der Waals surface area contributed by atoms with Crippen LogP contribution in [0.15, 0.2) is 54.6 Å². The lowest BCUT2D eigenvalue weighted by molar-refractivity contribution is 0.252. The van der Waals surface area contributed by atoms with Crippen molar-refractivity contribution >= 4 is 28.4 Å². The second-order valence-electron chi connectivity index (χ2n) is 7.01. The van der Waals surface area contributed by atoms with Crippen LogP contribution in [0, 0.1) is 5.82 Å². The lowest BCUT2D eigenvalue weighted by Gasteiger charge is -2.17. The third kappa shape index (κ3) is 4.22. The van der Waals surface area contributed by atoms with Crippen LogP contribution >= 0.6 is 0 Å². The van der Waals surface area contributed by atoms with Crippen molar-refractivity contribution in [3.63, 3.8) is 0 Å². The van der Waals surface area contributed by atoms with Gasteiger partial charge in [0.2, 0.25) is 0 Å². The van der Waals surface area contributed by atoms with E-state index >= 15 is 0 Å². The van der Waals surface area contributed by atoms with E-state index in [1.54, 1.807) is 6.07 Å². The zero-order valence-electron chi connectivity index (χ0n) is 15.6. The molecule has 1 saturated heterocycles. The van der Waals surface area contributed by atoms with E-state index in [0.717, 1.165) is 43.7 Å². The molecule has 28 heavy (non-hydrogen) atoms. The fraction of sp³-hybridized carbons (Fsp3) is 0.273. The Hall–Kier alpha value is -3.15. The number of benzene rings is 2. The minimum Gasteiger partial charge on any atom is -0.357 e. The number of fused-ring (bicyclic) bond motifs is 1. The number of carbonyl (C=O) groups is 1. The van der Waals surface area contributed by atoms with Crippen molar-refractivity contribution in [1.29, 1.82) is 0 Å². The summed E-state index contributed by atoms with van der Waals surface area (Å²) in [6, 6.07) is 16.4. The van der Waals surface area contributed by atoms with E-state index in [1.807, 2.05) is 42.5 Å². The lowest BCUT2D eigenvalue weighted by atomic mass is 10.1. The highest BCUT2D eigenvalue weighted by atomic mass is 19.1. The Balaban J connectivity index is 1.40. The summed E-state index contributed by atoms with van der Waals surface area (Å²) >= 11 is 0. The standard InChI is InChI=1S/C22H23FN4O/c23-19-15-18(25-22(28)24-11-10-16-6-2-1-3-7-16)14-17-8-9-20(26-21(17)19)27-12-4-5-13-27/h1-3,6-9,14-15H,4-5,10-13H2,(H2,24,25,28). The summed E-state index contributed by atoms with van der Waals surface area (Å²) in [5.74, 6) is 0.376. The first-order chi connectivity index (χ1) is 13.7. The highest BCUT2D eigenvalue weighted by Crippen LogP contribution is 2.26. The van der Waals surface area contributed by atoms with E-state index < -0.39 is 5.82 Å². The predicted molar refractivity (Wildman–Crippen MR) is 110 cm³/mol. The first kappa shape index (κ1) is 18.2. The van der Waals surface area contributed by atoms with Crippen molar-refractivity contribution < 1.29 is 9.18 Å². The van der Waals surface area contributed by atoms with E-state index in [0.29, 0.717) is 23.1 Å². The van der Waals surface area contributed by atoms with Crippen LogP contribution < -0.4 is 15.5 Å². The molecule has 1 aliphatic rings. The van der Waals surface area contributed by atoms with Gasteiger partial charge in [-0.3, -0.25) is 0 Å². The van der Waals surface area contributed by atoms with E-state index in [4.69, 9.17) is 0 Å². The molecule has 0 spiro atoms. The SMILES string of the molecule is O=C(NCCc1ccccc1)Nc1cc(F)c2nc(N3CCCC3)ccc2c1. The number of urea groups is 1. The molecule has 0 radical (unpaired) electrons. The molecule has 0 unspecified atom stereocenters. The maximum absolute atomic E-state index is 14.6. The molecular formula is C22H23FN4O. The molecule has 0 bridgehead atoms. The number of hydrogen-bond acceptors (Lipinski definition) is 3. The van der Waals surface area contributed by atoms with Gasteiger partial charge in [0, 0.05) is 30.7 Å². The number of hydrogen-bond donors (Lipinski definition) is 2. The van der Waals surface area contributed by atoms with Gasteiger partial charge in [0.15, 0.2) is 5.82 Å². The number of anilines is 2. The number of nitrogens with one attached hydrogen (secondary N) is 2. The Kier molecular flexibility index (Phi) is 5.37. The van der Waals surface area contributed by atoms with Crippen LogP contribution in [0.4, 0.5) is 20.7 Å². The highest BCUT2D eigenvalue weighted by Gasteiger charge is 2.15. The van der Waals surface area contributed by atoms with Gasteiger partial charge < -0.3 is 15.5 Å². The van der Waals surface area contributed by atoms with Crippen LogP contribution in [0.3, 0.4) is 0 Å². The summed E-state index contributed by atoms with van der Waals surface area (Å²) in [6.45, 7) is 2.43. The van der Waals surface area contributed by atoms with Gasteiger partial charge >= 0.3 is 6.03 Å². The maximum Gasteiger partial charge on any atom is 0.319 e. The number of nitrogens with zero attached hydrogens (tertiary/aromatic N) is 2. The second-order valence-corrected chi connectivity index (χ2v) is 7.01. The van der Waals surface area contributed by atoms with Gasteiger partial charge in [0.25, 0.3) is 0 Å². The fourth-order valence-corrected chi connectivity index (χ4v) is 3.52. The summed E-state index contributed by atoms with van der Waals surface area (Å²) in [4.78, 5) is 18.8. The number of amides is 2. The van der Waals surface area contributed by atoms with Gasteiger partial charge in [-0.2, -0.15) is 0 Å². The molecule has 2 aromatic carbocycles. The summed E-state index contributed by atoms with van der Waals surface area (Å²) in [5.41, 5.74) is 1.90. The molecule has 6 heteroatoms. The summed E-state index contributed by atoms with van der Waals surface area (Å²) in [7, 11) is 0. The molecule has 1 fully saturated rings. The summed E-state index contributed by atoms with van der Waals surface area (Å²) in [5, 5.41) is 6.17. The minimum absolute atomic E-state index is 0.333. The third-order valence-corrected chi connectivity index (χ3v) is 4.96. The average Bonchev–Trinajstić information content (AvgIpc) is 3.23. The van der Waals surface area contributed by atoms with Crippen molar-refractivity contribution in [3.05, 3.63) is 66.0 Å². The van der Waals surface area contributed by atoms with Crippen molar-refractivity contribution in [3.8, 4) is 0 Å². The Morgan fingerprint density at radius 1 is 1.07 bits per heavy atom. The smallest absolute Gasteiger partial charge is 0.319 e. The number of rotatable bonds is 5. The summed E-state index contributed by atoms with van der Waals surface area (Å²) < 4.78 is 14.6. The minimum atomic E-state index is -0.432. The monoisotopic (exact) mass is 378 g/mol. The molecule has 1 aromatic heterocycles. The van der Waals surface area contributed by atoms with Gasteiger partial charge in [0.05, 0.1) is 0 Å². The van der Waals surface area contributed by atoms with Gasteiger partial charge in [0.1, 0.15) is 11.3 Å². The van der Waals surface area contributed by atoms with E-state index in [1.165, 1.54) is 6.07 Å². The Morgan fingerprint density at radius 3 is 2.64 bits per heavy atom. The van der Waals surface area contributed by atoms with Gasteiger partial charge in [-0.1, -0.05) is 30.3 Å². The van der Waals surface area contributed by atoms with Gasteiger partial charge in [-0.05, 0) is 49.1 Å². The molecule has 4 rings (SSSR count). The normalized spacial score (nSPS) is 13.7. The molecule has 0 saturated carbocycles. The molecule has 0 aliphatic carbocycles. The molecule has 1 aliphatic heterocycles. The van der Waals surface area contributed by atoms with E-state index in [2.05, 4.69) is 20.5 Å². The van der Waals surface area contributed by atoms with E-state index in [-0.39, 0.29) is 6.03 Å². The second kappa shape index (κ2) is 8.25. The Bertz CT molecular complexity index is 971. The molecule has 2 N–H and O–H groups in total. The summed E-state index contributed by atoms with van der Waals surface area (Å²) in [6.07, 6.45) is 3.03. The highest BCUT2D eigenvalue weighted by molar-refractivity contribution is 5.93. The van der Waals surface area contributed by atoms with Crippen LogP contribution in [-0.4, -0.2) is 30.6 Å². The molecule has 2 heterocycles. The topological polar surface area (TPSA) is 57.3 Å².